The second kappa shape index (κ2) is 8.79. The first-order valence-corrected chi connectivity index (χ1v) is 10.1. The van der Waals surface area contributed by atoms with Crippen molar-refractivity contribution >= 4 is 5.69 Å². The van der Waals surface area contributed by atoms with Gasteiger partial charge in [-0.2, -0.15) is 0 Å². The van der Waals surface area contributed by atoms with E-state index < -0.39 is 0 Å². The number of anilines is 1. The first-order valence-electron chi connectivity index (χ1n) is 10.1. The van der Waals surface area contributed by atoms with Crippen LogP contribution in [0.25, 0.3) is 0 Å². The Hall–Kier alpha value is -1.42. The fourth-order valence-corrected chi connectivity index (χ4v) is 4.68. The summed E-state index contributed by atoms with van der Waals surface area (Å²) in [7, 11) is 1.68. The molecule has 2 fully saturated rings. The van der Waals surface area contributed by atoms with E-state index in [-0.39, 0.29) is 6.23 Å². The smallest absolute Gasteiger partial charge is 0.165 e. The maximum atomic E-state index is 6.41. The molecule has 1 atom stereocenters. The third kappa shape index (κ3) is 4.60. The Bertz CT molecular complexity index is 519. The number of methoxy groups -OCH3 is 1. The van der Waals surface area contributed by atoms with E-state index in [1.54, 1.807) is 7.11 Å². The van der Waals surface area contributed by atoms with Crippen molar-refractivity contribution < 1.29 is 9.47 Å². The molecule has 0 aliphatic heterocycles. The Kier molecular flexibility index (Phi) is 6.46. The van der Waals surface area contributed by atoms with Gasteiger partial charge in [-0.1, -0.05) is 38.5 Å². The van der Waals surface area contributed by atoms with Crippen LogP contribution >= 0.6 is 0 Å². The topological polar surface area (TPSA) is 47.7 Å². The van der Waals surface area contributed by atoms with Crippen molar-refractivity contribution in [3.8, 4) is 11.5 Å². The number of hydrogen-bond donors (Lipinski definition) is 1. The highest BCUT2D eigenvalue weighted by Gasteiger charge is 2.33. The van der Waals surface area contributed by atoms with Crippen LogP contribution in [-0.4, -0.2) is 30.3 Å². The predicted molar refractivity (Wildman–Crippen MR) is 103 cm³/mol. The molecule has 140 valence electrons. The van der Waals surface area contributed by atoms with Gasteiger partial charge in [0.15, 0.2) is 17.7 Å². The molecule has 1 unspecified atom stereocenters. The van der Waals surface area contributed by atoms with Crippen LogP contribution in [0.3, 0.4) is 0 Å². The van der Waals surface area contributed by atoms with Gasteiger partial charge in [-0.05, 0) is 44.7 Å². The largest absolute Gasteiger partial charge is 0.493 e. The molecule has 0 heterocycles. The Labute approximate surface area is 152 Å². The van der Waals surface area contributed by atoms with E-state index in [1.807, 2.05) is 18.2 Å². The number of benzene rings is 1. The first kappa shape index (κ1) is 18.4. The minimum Gasteiger partial charge on any atom is -0.493 e. The molecule has 2 aliphatic rings. The van der Waals surface area contributed by atoms with Crippen LogP contribution in [0, 0.1) is 0 Å². The maximum absolute atomic E-state index is 6.41. The summed E-state index contributed by atoms with van der Waals surface area (Å²) >= 11 is 0. The van der Waals surface area contributed by atoms with Gasteiger partial charge < -0.3 is 15.2 Å². The van der Waals surface area contributed by atoms with Crippen LogP contribution in [0.4, 0.5) is 5.69 Å². The quantitative estimate of drug-likeness (QED) is 0.583. The van der Waals surface area contributed by atoms with Gasteiger partial charge >= 0.3 is 0 Å². The van der Waals surface area contributed by atoms with Gasteiger partial charge in [-0.15, -0.1) is 0 Å². The van der Waals surface area contributed by atoms with Gasteiger partial charge in [0.1, 0.15) is 0 Å². The minimum atomic E-state index is 0.0434. The number of hydrogen-bond acceptors (Lipinski definition) is 4. The molecule has 0 amide bonds. The molecule has 0 bridgehead atoms. The Morgan fingerprint density at radius 3 is 2.00 bits per heavy atom. The number of nitrogen functional groups attached to an aromatic ring is 1. The molecule has 4 nitrogen and oxygen atoms in total. The van der Waals surface area contributed by atoms with Gasteiger partial charge in [-0.3, -0.25) is 4.90 Å². The van der Waals surface area contributed by atoms with Crippen LogP contribution in [-0.2, 0) is 0 Å². The number of nitrogens with zero attached hydrogens (tertiary/aromatic N) is 1. The SMILES string of the molecule is COc1ccc(N)cc1OC(C)N(C1CCCCC1)C1CCCCC1. The second-order valence-electron chi connectivity index (χ2n) is 7.66. The molecule has 2 aliphatic carbocycles. The van der Waals surface area contributed by atoms with E-state index in [9.17, 15) is 0 Å². The predicted octanol–water partition coefficient (Wildman–Crippen LogP) is 4.97. The zero-order valence-electron chi connectivity index (χ0n) is 15.9. The molecule has 0 saturated heterocycles. The molecule has 3 rings (SSSR count). The van der Waals surface area contributed by atoms with Gasteiger partial charge in [0.2, 0.25) is 0 Å². The fourth-order valence-electron chi connectivity index (χ4n) is 4.68. The van der Waals surface area contributed by atoms with Gasteiger partial charge in [0.25, 0.3) is 0 Å². The summed E-state index contributed by atoms with van der Waals surface area (Å²) in [4.78, 5) is 2.68. The molecule has 2 N–H and O–H groups in total. The molecular weight excluding hydrogens is 312 g/mol. The van der Waals surface area contributed by atoms with Gasteiger partial charge in [0, 0.05) is 23.8 Å². The van der Waals surface area contributed by atoms with Crippen LogP contribution in [0.15, 0.2) is 18.2 Å². The Morgan fingerprint density at radius 2 is 1.48 bits per heavy atom. The van der Waals surface area contributed by atoms with Crippen LogP contribution < -0.4 is 15.2 Å². The number of ether oxygens (including phenoxy) is 2. The van der Waals surface area contributed by atoms with Crippen molar-refractivity contribution in [3.63, 3.8) is 0 Å². The lowest BCUT2D eigenvalue weighted by molar-refractivity contribution is -0.0463. The molecule has 1 aromatic carbocycles. The summed E-state index contributed by atoms with van der Waals surface area (Å²) in [5.74, 6) is 1.51. The standard InChI is InChI=1S/C21H34N2O2/c1-16(25-21-15-17(22)13-14-20(21)24-2)23(18-9-5-3-6-10-18)19-11-7-4-8-12-19/h13-16,18-19H,3-12,22H2,1-2H3. The van der Waals surface area contributed by atoms with Gasteiger partial charge in [0.05, 0.1) is 7.11 Å². The average molecular weight is 347 g/mol. The fraction of sp³-hybridized carbons (Fsp3) is 0.714. The summed E-state index contributed by atoms with van der Waals surface area (Å²) < 4.78 is 11.9. The lowest BCUT2D eigenvalue weighted by Crippen LogP contribution is -2.52. The summed E-state index contributed by atoms with van der Waals surface area (Å²) in [6.45, 7) is 2.20. The highest BCUT2D eigenvalue weighted by Crippen LogP contribution is 2.35. The molecule has 25 heavy (non-hydrogen) atoms. The third-order valence-corrected chi connectivity index (χ3v) is 5.90. The monoisotopic (exact) mass is 346 g/mol. The maximum Gasteiger partial charge on any atom is 0.165 e. The van der Waals surface area contributed by atoms with Crippen molar-refractivity contribution in [2.75, 3.05) is 12.8 Å². The first-order chi connectivity index (χ1) is 12.2. The summed E-state index contributed by atoms with van der Waals surface area (Å²) in [6, 6.07) is 6.94. The highest BCUT2D eigenvalue weighted by molar-refractivity contribution is 5.52. The molecule has 0 aromatic heterocycles. The normalized spacial score (nSPS) is 21.2. The van der Waals surface area contributed by atoms with E-state index in [2.05, 4.69) is 11.8 Å². The average Bonchev–Trinajstić information content (AvgIpc) is 2.64. The second-order valence-corrected chi connectivity index (χ2v) is 7.66. The van der Waals surface area contributed by atoms with Crippen molar-refractivity contribution in [3.05, 3.63) is 18.2 Å². The molecule has 0 spiro atoms. The van der Waals surface area contributed by atoms with E-state index >= 15 is 0 Å². The Morgan fingerprint density at radius 1 is 0.920 bits per heavy atom. The zero-order chi connectivity index (χ0) is 17.6. The van der Waals surface area contributed by atoms with E-state index in [1.165, 1.54) is 64.2 Å². The van der Waals surface area contributed by atoms with Crippen molar-refractivity contribution in [1.82, 2.24) is 4.90 Å². The summed E-state index contributed by atoms with van der Waals surface area (Å²) in [6.07, 6.45) is 13.4. The molecule has 0 radical (unpaired) electrons. The lowest BCUT2D eigenvalue weighted by atomic mass is 9.88. The van der Waals surface area contributed by atoms with Crippen LogP contribution in [0.1, 0.15) is 71.1 Å². The lowest BCUT2D eigenvalue weighted by Gasteiger charge is -2.44. The molecule has 4 heteroatoms. The summed E-state index contributed by atoms with van der Waals surface area (Å²) in [5.41, 5.74) is 6.68. The molecular formula is C21H34N2O2. The van der Waals surface area contributed by atoms with E-state index in [0.29, 0.717) is 17.8 Å². The van der Waals surface area contributed by atoms with Crippen molar-refractivity contribution in [2.24, 2.45) is 0 Å². The Balaban J connectivity index is 1.78. The van der Waals surface area contributed by atoms with Crippen LogP contribution in [0.2, 0.25) is 0 Å². The number of nitrogens with two attached hydrogens (primary N) is 1. The third-order valence-electron chi connectivity index (χ3n) is 5.90. The minimum absolute atomic E-state index is 0.0434. The van der Waals surface area contributed by atoms with Gasteiger partial charge in [-0.25, -0.2) is 0 Å². The highest BCUT2D eigenvalue weighted by atomic mass is 16.5. The van der Waals surface area contributed by atoms with Crippen molar-refractivity contribution in [2.45, 2.75) is 89.4 Å². The zero-order valence-corrected chi connectivity index (χ0v) is 15.9. The van der Waals surface area contributed by atoms with E-state index in [0.717, 1.165) is 11.5 Å². The summed E-state index contributed by atoms with van der Waals surface area (Å²) in [5, 5.41) is 0. The molecule has 1 aromatic rings. The molecule has 2 saturated carbocycles. The van der Waals surface area contributed by atoms with Crippen molar-refractivity contribution in [1.29, 1.82) is 0 Å². The van der Waals surface area contributed by atoms with Crippen LogP contribution in [0.5, 0.6) is 11.5 Å². The van der Waals surface area contributed by atoms with E-state index in [4.69, 9.17) is 15.2 Å². The number of rotatable bonds is 6.